The van der Waals surface area contributed by atoms with Crippen molar-refractivity contribution >= 4 is 17.4 Å². The molecule has 0 aliphatic carbocycles. The summed E-state index contributed by atoms with van der Waals surface area (Å²) in [5.74, 6) is -0.354. The Kier molecular flexibility index (Phi) is 2.55. The van der Waals surface area contributed by atoms with Gasteiger partial charge in [0.15, 0.2) is 0 Å². The Morgan fingerprint density at radius 3 is 2.87 bits per heavy atom. The molecule has 0 unspecified atom stereocenters. The monoisotopic (exact) mass is 225 g/mol. The van der Waals surface area contributed by atoms with Gasteiger partial charge in [-0.1, -0.05) is 0 Å². The van der Waals surface area contributed by atoms with Crippen LogP contribution in [0.5, 0.6) is 0 Å². The van der Waals surface area contributed by atoms with E-state index in [4.69, 9.17) is 5.73 Å². The van der Waals surface area contributed by atoms with E-state index in [1.807, 2.05) is 0 Å². The normalized spacial score (nSPS) is 10.5. The molecule has 78 valence electrons. The van der Waals surface area contributed by atoms with Crippen molar-refractivity contribution in [3.63, 3.8) is 0 Å². The van der Waals surface area contributed by atoms with Gasteiger partial charge in [-0.15, -0.1) is 5.10 Å². The van der Waals surface area contributed by atoms with Gasteiger partial charge in [-0.3, -0.25) is 0 Å². The zero-order valence-corrected chi connectivity index (χ0v) is 8.70. The van der Waals surface area contributed by atoms with Gasteiger partial charge in [0.2, 0.25) is 5.16 Å². The molecule has 0 atom stereocenters. The Labute approximate surface area is 89.5 Å². The first kappa shape index (κ1) is 9.91. The zero-order chi connectivity index (χ0) is 10.8. The Bertz CT molecular complexity index is 484. The van der Waals surface area contributed by atoms with Crippen LogP contribution in [0.1, 0.15) is 0 Å². The number of rotatable bonds is 2. The molecule has 2 N–H and O–H groups in total. The molecule has 0 saturated carbocycles. The van der Waals surface area contributed by atoms with Gasteiger partial charge in [-0.05, 0) is 40.4 Å². The lowest BCUT2D eigenvalue weighted by Gasteiger charge is -2.03. The fraction of sp³-hybridized carbons (Fsp3) is 0.125. The predicted molar refractivity (Wildman–Crippen MR) is 53.7 cm³/mol. The van der Waals surface area contributed by atoms with Gasteiger partial charge in [0, 0.05) is 17.6 Å². The summed E-state index contributed by atoms with van der Waals surface area (Å²) in [5, 5.41) is 11.6. The number of hydrogen-bond donors (Lipinski definition) is 1. The summed E-state index contributed by atoms with van der Waals surface area (Å²) in [6.07, 6.45) is 0. The summed E-state index contributed by atoms with van der Waals surface area (Å²) in [7, 11) is 1.72. The second-order valence-corrected chi connectivity index (χ2v) is 3.88. The van der Waals surface area contributed by atoms with Crippen molar-refractivity contribution in [1.82, 2.24) is 20.2 Å². The zero-order valence-electron chi connectivity index (χ0n) is 7.88. The first-order valence-corrected chi connectivity index (χ1v) is 4.93. The second-order valence-electron chi connectivity index (χ2n) is 2.87. The van der Waals surface area contributed by atoms with Crippen molar-refractivity contribution in [1.29, 1.82) is 0 Å². The van der Waals surface area contributed by atoms with Crippen molar-refractivity contribution in [2.24, 2.45) is 7.05 Å². The quantitative estimate of drug-likeness (QED) is 0.774. The molecule has 5 nitrogen and oxygen atoms in total. The lowest BCUT2D eigenvalue weighted by Crippen LogP contribution is -1.94. The number of aryl methyl sites for hydroxylation is 1. The van der Waals surface area contributed by atoms with Crippen LogP contribution in [0.3, 0.4) is 0 Å². The highest BCUT2D eigenvalue weighted by Gasteiger charge is 2.07. The van der Waals surface area contributed by atoms with E-state index in [0.717, 1.165) is 4.90 Å². The average Bonchev–Trinajstić information content (AvgIpc) is 2.57. The number of benzene rings is 1. The molecule has 0 saturated heterocycles. The molecule has 0 fully saturated rings. The van der Waals surface area contributed by atoms with Crippen LogP contribution in [0, 0.1) is 5.82 Å². The Hall–Kier alpha value is -1.63. The Morgan fingerprint density at radius 1 is 1.47 bits per heavy atom. The first-order chi connectivity index (χ1) is 7.16. The molecule has 0 amide bonds. The number of tetrazole rings is 1. The fourth-order valence-electron chi connectivity index (χ4n) is 1.02. The highest BCUT2D eigenvalue weighted by atomic mass is 32.2. The smallest absolute Gasteiger partial charge is 0.213 e. The summed E-state index contributed by atoms with van der Waals surface area (Å²) < 4.78 is 14.3. The summed E-state index contributed by atoms with van der Waals surface area (Å²) in [5.41, 5.74) is 6.03. The maximum absolute atomic E-state index is 12.8. The Balaban J connectivity index is 2.29. The standard InChI is InChI=1S/C8H8FN5S/c1-14-8(11-12-13-14)15-7-3-2-5(9)4-6(7)10/h2-4H,10H2,1H3. The minimum atomic E-state index is -0.354. The number of nitrogen functional groups attached to an aromatic ring is 1. The summed E-state index contributed by atoms with van der Waals surface area (Å²) in [6, 6.07) is 4.22. The third kappa shape index (κ3) is 2.07. The van der Waals surface area contributed by atoms with Crippen LogP contribution >= 0.6 is 11.8 Å². The molecule has 2 rings (SSSR count). The van der Waals surface area contributed by atoms with Gasteiger partial charge in [0.25, 0.3) is 0 Å². The van der Waals surface area contributed by atoms with Gasteiger partial charge in [-0.25, -0.2) is 9.07 Å². The fourth-order valence-corrected chi connectivity index (χ4v) is 1.77. The topological polar surface area (TPSA) is 69.6 Å². The van der Waals surface area contributed by atoms with E-state index in [2.05, 4.69) is 15.5 Å². The second kappa shape index (κ2) is 3.85. The van der Waals surface area contributed by atoms with Crippen LogP contribution < -0.4 is 5.73 Å². The maximum atomic E-state index is 12.8. The maximum Gasteiger partial charge on any atom is 0.213 e. The minimum absolute atomic E-state index is 0.354. The highest BCUT2D eigenvalue weighted by Crippen LogP contribution is 2.30. The Morgan fingerprint density at radius 2 is 2.27 bits per heavy atom. The first-order valence-electron chi connectivity index (χ1n) is 4.12. The largest absolute Gasteiger partial charge is 0.398 e. The van der Waals surface area contributed by atoms with Crippen molar-refractivity contribution in [2.45, 2.75) is 10.1 Å². The molecular weight excluding hydrogens is 217 g/mol. The highest BCUT2D eigenvalue weighted by molar-refractivity contribution is 7.99. The molecule has 7 heteroatoms. The van der Waals surface area contributed by atoms with E-state index in [1.54, 1.807) is 13.1 Å². The van der Waals surface area contributed by atoms with E-state index in [-0.39, 0.29) is 5.82 Å². The van der Waals surface area contributed by atoms with E-state index >= 15 is 0 Å². The number of anilines is 1. The molecule has 0 aliphatic heterocycles. The minimum Gasteiger partial charge on any atom is -0.398 e. The van der Waals surface area contributed by atoms with Gasteiger partial charge < -0.3 is 5.73 Å². The van der Waals surface area contributed by atoms with Crippen molar-refractivity contribution in [3.05, 3.63) is 24.0 Å². The van der Waals surface area contributed by atoms with Crippen LogP contribution in [0.25, 0.3) is 0 Å². The number of halogens is 1. The summed E-state index contributed by atoms with van der Waals surface area (Å²) in [4.78, 5) is 0.731. The van der Waals surface area contributed by atoms with Crippen LogP contribution in [0.15, 0.2) is 28.3 Å². The van der Waals surface area contributed by atoms with Crippen molar-refractivity contribution < 1.29 is 4.39 Å². The van der Waals surface area contributed by atoms with Gasteiger partial charge in [0.1, 0.15) is 5.82 Å². The molecule has 2 aromatic rings. The molecule has 0 radical (unpaired) electrons. The summed E-state index contributed by atoms with van der Waals surface area (Å²) in [6.45, 7) is 0. The molecule has 0 spiro atoms. The van der Waals surface area contributed by atoms with E-state index in [1.165, 1.54) is 28.6 Å². The third-order valence-electron chi connectivity index (χ3n) is 1.75. The SMILES string of the molecule is Cn1nnnc1Sc1ccc(F)cc1N. The molecular formula is C8H8FN5S. The lowest BCUT2D eigenvalue weighted by molar-refractivity contribution is 0.627. The molecule has 1 heterocycles. The van der Waals surface area contributed by atoms with E-state index < -0.39 is 0 Å². The number of nitrogens with two attached hydrogens (primary N) is 1. The molecule has 1 aromatic carbocycles. The van der Waals surface area contributed by atoms with Crippen LogP contribution in [-0.2, 0) is 7.05 Å². The molecule has 1 aromatic heterocycles. The van der Waals surface area contributed by atoms with E-state index in [9.17, 15) is 4.39 Å². The summed E-state index contributed by atoms with van der Waals surface area (Å²) >= 11 is 1.29. The number of hydrogen-bond acceptors (Lipinski definition) is 5. The molecule has 0 bridgehead atoms. The van der Waals surface area contributed by atoms with Crippen molar-refractivity contribution in [3.8, 4) is 0 Å². The van der Waals surface area contributed by atoms with Crippen LogP contribution in [-0.4, -0.2) is 20.2 Å². The van der Waals surface area contributed by atoms with Crippen molar-refractivity contribution in [2.75, 3.05) is 5.73 Å². The van der Waals surface area contributed by atoms with E-state index in [0.29, 0.717) is 10.8 Å². The van der Waals surface area contributed by atoms with Gasteiger partial charge in [-0.2, -0.15) is 0 Å². The predicted octanol–water partition coefficient (Wildman–Crippen LogP) is 1.08. The third-order valence-corrected chi connectivity index (χ3v) is 2.87. The molecule has 15 heavy (non-hydrogen) atoms. The van der Waals surface area contributed by atoms with Gasteiger partial charge in [0.05, 0.1) is 0 Å². The number of nitrogens with zero attached hydrogens (tertiary/aromatic N) is 4. The number of aromatic nitrogens is 4. The lowest BCUT2D eigenvalue weighted by atomic mass is 10.3. The van der Waals surface area contributed by atoms with Crippen LogP contribution in [0.4, 0.5) is 10.1 Å². The van der Waals surface area contributed by atoms with Gasteiger partial charge >= 0.3 is 0 Å². The molecule has 0 aliphatic rings. The van der Waals surface area contributed by atoms with Crippen LogP contribution in [0.2, 0.25) is 0 Å². The average molecular weight is 225 g/mol.